The Hall–Kier alpha value is -1.70. The van der Waals surface area contributed by atoms with Gasteiger partial charge >= 0.3 is 0 Å². The molecular weight excluding hydrogens is 327 g/mol. The third-order valence-electron chi connectivity index (χ3n) is 4.33. The monoisotopic (exact) mass is 354 g/mol. The van der Waals surface area contributed by atoms with Crippen molar-refractivity contribution in [1.82, 2.24) is 9.80 Å². The molecule has 0 N–H and O–H groups in total. The highest BCUT2D eigenvalue weighted by molar-refractivity contribution is 5.76. The molecule has 1 aliphatic rings. The summed E-state index contributed by atoms with van der Waals surface area (Å²) in [5, 5.41) is 0. The molecular formula is C18H27FN2O4. The average Bonchev–Trinajstić information content (AvgIpc) is 2.55. The van der Waals surface area contributed by atoms with Crippen LogP contribution in [-0.2, 0) is 20.8 Å². The van der Waals surface area contributed by atoms with Gasteiger partial charge in [-0.2, -0.15) is 0 Å². The summed E-state index contributed by atoms with van der Waals surface area (Å²) in [6, 6.07) is 4.96. The standard InChI is InChI=1S/C18H27FN2O4/c1-20(2)17(22)10-18(13-23-3)12-21(7-8-25-18)11-14-5-6-16(24-4)15(19)9-14/h5-6,9H,7-8,10-13H2,1-4H3/t18-/m1/s1. The number of carbonyl (C=O) groups excluding carboxylic acids is 1. The lowest BCUT2D eigenvalue weighted by atomic mass is 9.96. The van der Waals surface area contributed by atoms with E-state index in [1.165, 1.54) is 13.2 Å². The number of benzene rings is 1. The summed E-state index contributed by atoms with van der Waals surface area (Å²) in [5.41, 5.74) is 0.171. The predicted molar refractivity (Wildman–Crippen MR) is 92.1 cm³/mol. The maximum Gasteiger partial charge on any atom is 0.225 e. The molecule has 0 saturated carbocycles. The Morgan fingerprint density at radius 2 is 2.16 bits per heavy atom. The van der Waals surface area contributed by atoms with Crippen LogP contribution in [0.1, 0.15) is 12.0 Å². The molecule has 0 bridgehead atoms. The van der Waals surface area contributed by atoms with Crippen molar-refractivity contribution < 1.29 is 23.4 Å². The highest BCUT2D eigenvalue weighted by atomic mass is 19.1. The molecule has 7 heteroatoms. The first-order valence-corrected chi connectivity index (χ1v) is 8.27. The van der Waals surface area contributed by atoms with Crippen molar-refractivity contribution in [2.75, 3.05) is 54.6 Å². The molecule has 6 nitrogen and oxygen atoms in total. The molecule has 0 spiro atoms. The quantitative estimate of drug-likeness (QED) is 0.743. The summed E-state index contributed by atoms with van der Waals surface area (Å²) in [6.45, 7) is 2.68. The van der Waals surface area contributed by atoms with Gasteiger partial charge in [0.2, 0.25) is 5.91 Å². The van der Waals surface area contributed by atoms with E-state index in [2.05, 4.69) is 4.90 Å². The van der Waals surface area contributed by atoms with Crippen molar-refractivity contribution in [1.29, 1.82) is 0 Å². The van der Waals surface area contributed by atoms with E-state index in [4.69, 9.17) is 14.2 Å². The topological polar surface area (TPSA) is 51.2 Å². The fraction of sp³-hybridized carbons (Fsp3) is 0.611. The number of ether oxygens (including phenoxy) is 3. The highest BCUT2D eigenvalue weighted by Gasteiger charge is 2.39. The zero-order valence-electron chi connectivity index (χ0n) is 15.4. The van der Waals surface area contributed by atoms with Crippen molar-refractivity contribution in [3.8, 4) is 5.75 Å². The molecule has 1 amide bonds. The molecule has 0 radical (unpaired) electrons. The molecule has 1 saturated heterocycles. The minimum Gasteiger partial charge on any atom is -0.494 e. The van der Waals surface area contributed by atoms with E-state index in [1.54, 1.807) is 32.2 Å². The largest absolute Gasteiger partial charge is 0.494 e. The fourth-order valence-electron chi connectivity index (χ4n) is 3.07. The number of halogens is 1. The lowest BCUT2D eigenvalue weighted by Crippen LogP contribution is -2.55. The van der Waals surface area contributed by atoms with Crippen LogP contribution in [0.5, 0.6) is 5.75 Å². The van der Waals surface area contributed by atoms with Gasteiger partial charge in [-0.1, -0.05) is 6.07 Å². The third kappa shape index (κ3) is 5.14. The predicted octanol–water partition coefficient (Wildman–Crippen LogP) is 1.53. The van der Waals surface area contributed by atoms with Crippen molar-refractivity contribution in [2.24, 2.45) is 0 Å². The van der Waals surface area contributed by atoms with E-state index in [9.17, 15) is 9.18 Å². The van der Waals surface area contributed by atoms with Crippen LogP contribution in [-0.4, -0.2) is 75.9 Å². The van der Waals surface area contributed by atoms with E-state index < -0.39 is 5.60 Å². The minimum atomic E-state index is -0.681. The number of nitrogens with zero attached hydrogens (tertiary/aromatic N) is 2. The molecule has 0 aliphatic carbocycles. The fourth-order valence-corrected chi connectivity index (χ4v) is 3.07. The van der Waals surface area contributed by atoms with Crippen molar-refractivity contribution >= 4 is 5.91 Å². The summed E-state index contributed by atoms with van der Waals surface area (Å²) in [6.07, 6.45) is 0.251. The van der Waals surface area contributed by atoms with Crippen molar-refractivity contribution in [3.63, 3.8) is 0 Å². The van der Waals surface area contributed by atoms with E-state index in [1.807, 2.05) is 6.07 Å². The summed E-state index contributed by atoms with van der Waals surface area (Å²) < 4.78 is 30.1. The Kier molecular flexibility index (Phi) is 6.75. The van der Waals surface area contributed by atoms with Crippen molar-refractivity contribution in [2.45, 2.75) is 18.6 Å². The Morgan fingerprint density at radius 1 is 1.40 bits per heavy atom. The lowest BCUT2D eigenvalue weighted by Gasteiger charge is -2.42. The van der Waals surface area contributed by atoms with Gasteiger partial charge in [0.25, 0.3) is 0 Å². The van der Waals surface area contributed by atoms with Gasteiger partial charge in [0, 0.05) is 40.8 Å². The molecule has 2 rings (SSSR count). The van der Waals surface area contributed by atoms with Gasteiger partial charge in [0.05, 0.1) is 26.7 Å². The molecule has 1 fully saturated rings. The van der Waals surface area contributed by atoms with Crippen LogP contribution in [0.2, 0.25) is 0 Å². The van der Waals surface area contributed by atoms with Crippen LogP contribution in [0, 0.1) is 5.82 Å². The Balaban J connectivity index is 2.09. The van der Waals surface area contributed by atoms with Crippen LogP contribution in [0.15, 0.2) is 18.2 Å². The van der Waals surface area contributed by atoms with Gasteiger partial charge in [-0.3, -0.25) is 9.69 Å². The Labute approximate surface area is 148 Å². The number of carbonyl (C=O) groups is 1. The van der Waals surface area contributed by atoms with Gasteiger partial charge in [0.15, 0.2) is 11.6 Å². The molecule has 1 aliphatic heterocycles. The third-order valence-corrected chi connectivity index (χ3v) is 4.33. The number of hydrogen-bond donors (Lipinski definition) is 0. The summed E-state index contributed by atoms with van der Waals surface area (Å²) in [5.74, 6) is -0.148. The first kappa shape index (κ1) is 19.6. The summed E-state index contributed by atoms with van der Waals surface area (Å²) in [4.78, 5) is 15.9. The number of amides is 1. The number of methoxy groups -OCH3 is 2. The maximum atomic E-state index is 13.9. The molecule has 25 heavy (non-hydrogen) atoms. The first-order valence-electron chi connectivity index (χ1n) is 8.27. The zero-order valence-corrected chi connectivity index (χ0v) is 15.4. The minimum absolute atomic E-state index is 0.00519. The summed E-state index contributed by atoms with van der Waals surface area (Å²) in [7, 11) is 6.50. The smallest absolute Gasteiger partial charge is 0.225 e. The van der Waals surface area contributed by atoms with Crippen LogP contribution < -0.4 is 4.74 Å². The molecule has 140 valence electrons. The van der Waals surface area contributed by atoms with Crippen molar-refractivity contribution in [3.05, 3.63) is 29.6 Å². The van der Waals surface area contributed by atoms with E-state index in [0.29, 0.717) is 26.3 Å². The molecule has 1 aromatic carbocycles. The van der Waals surface area contributed by atoms with Crippen LogP contribution >= 0.6 is 0 Å². The van der Waals surface area contributed by atoms with Gasteiger partial charge < -0.3 is 19.1 Å². The SMILES string of the molecule is COC[C@@]1(CC(=O)N(C)C)CN(Cc2ccc(OC)c(F)c2)CCO1. The Morgan fingerprint density at radius 3 is 2.76 bits per heavy atom. The van der Waals surface area contributed by atoms with E-state index >= 15 is 0 Å². The normalized spacial score (nSPS) is 21.2. The first-order chi connectivity index (χ1) is 11.9. The van der Waals surface area contributed by atoms with Gasteiger partial charge in [-0.05, 0) is 17.7 Å². The van der Waals surface area contributed by atoms with E-state index in [0.717, 1.165) is 12.1 Å². The Bertz CT molecular complexity index is 592. The molecule has 1 atom stereocenters. The lowest BCUT2D eigenvalue weighted by molar-refractivity contribution is -0.160. The number of rotatable bonds is 7. The van der Waals surface area contributed by atoms with Gasteiger partial charge in [0.1, 0.15) is 5.60 Å². The second kappa shape index (κ2) is 8.60. The summed E-state index contributed by atoms with van der Waals surface area (Å²) >= 11 is 0. The molecule has 1 heterocycles. The average molecular weight is 354 g/mol. The number of hydrogen-bond acceptors (Lipinski definition) is 5. The highest BCUT2D eigenvalue weighted by Crippen LogP contribution is 2.26. The maximum absolute atomic E-state index is 13.9. The number of morpholine rings is 1. The van der Waals surface area contributed by atoms with E-state index in [-0.39, 0.29) is 23.9 Å². The van der Waals surface area contributed by atoms with Crippen LogP contribution in [0.4, 0.5) is 4.39 Å². The molecule has 0 unspecified atom stereocenters. The zero-order chi connectivity index (χ0) is 18.4. The second-order valence-corrected chi connectivity index (χ2v) is 6.61. The van der Waals surface area contributed by atoms with Gasteiger partial charge in [-0.15, -0.1) is 0 Å². The van der Waals surface area contributed by atoms with Crippen LogP contribution in [0.3, 0.4) is 0 Å². The molecule has 0 aromatic heterocycles. The van der Waals surface area contributed by atoms with Crippen LogP contribution in [0.25, 0.3) is 0 Å². The van der Waals surface area contributed by atoms with Gasteiger partial charge in [-0.25, -0.2) is 4.39 Å². The second-order valence-electron chi connectivity index (χ2n) is 6.61. The molecule has 1 aromatic rings.